The number of aromatic nitrogens is 1. The molecule has 1 N–H and O–H groups in total. The smallest absolute Gasteiger partial charge is 0.409 e. The summed E-state index contributed by atoms with van der Waals surface area (Å²) in [5.74, 6) is 2.11. The number of ether oxygens (including phenoxy) is 1. The van der Waals surface area contributed by atoms with Crippen LogP contribution in [0.4, 0.5) is 4.79 Å². The highest BCUT2D eigenvalue weighted by atomic mass is 16.6. The summed E-state index contributed by atoms with van der Waals surface area (Å²) in [6, 6.07) is 8.15. The summed E-state index contributed by atoms with van der Waals surface area (Å²) < 4.78 is 10.9. The molecule has 0 unspecified atom stereocenters. The summed E-state index contributed by atoms with van der Waals surface area (Å²) in [6.07, 6.45) is 1.48. The molecule has 0 bridgehead atoms. The fraction of sp³-hybridized carbons (Fsp3) is 0.476. The van der Waals surface area contributed by atoms with Gasteiger partial charge in [0.2, 0.25) is 5.89 Å². The zero-order valence-electron chi connectivity index (χ0n) is 17.4. The maximum Gasteiger partial charge on any atom is 0.409 e. The number of amides is 1. The Morgan fingerprint density at radius 1 is 1.17 bits per heavy atom. The molecule has 8 nitrogen and oxygen atoms in total. The van der Waals surface area contributed by atoms with Crippen molar-refractivity contribution in [2.24, 2.45) is 4.99 Å². The van der Waals surface area contributed by atoms with Crippen molar-refractivity contribution in [1.82, 2.24) is 20.1 Å². The first-order chi connectivity index (χ1) is 14.1. The van der Waals surface area contributed by atoms with Gasteiger partial charge in [-0.2, -0.15) is 0 Å². The van der Waals surface area contributed by atoms with Crippen LogP contribution in [0.15, 0.2) is 39.9 Å². The minimum absolute atomic E-state index is 0.252. The van der Waals surface area contributed by atoms with E-state index in [2.05, 4.69) is 39.2 Å². The average Bonchev–Trinajstić information content (AvgIpc) is 3.21. The number of aliphatic imine (C=N–C) groups is 1. The molecular weight excluding hydrogens is 370 g/mol. The zero-order chi connectivity index (χ0) is 20.6. The van der Waals surface area contributed by atoms with Gasteiger partial charge in [-0.15, -0.1) is 0 Å². The molecule has 1 fully saturated rings. The molecule has 0 saturated carbocycles. The topological polar surface area (TPSA) is 83.2 Å². The Morgan fingerprint density at radius 3 is 2.52 bits per heavy atom. The lowest BCUT2D eigenvalue weighted by molar-refractivity contribution is 0.0914. The second-order valence-corrected chi connectivity index (χ2v) is 6.83. The summed E-state index contributed by atoms with van der Waals surface area (Å²) in [7, 11) is 0. The Labute approximate surface area is 171 Å². The number of guanidine groups is 1. The van der Waals surface area contributed by atoms with E-state index in [9.17, 15) is 4.79 Å². The number of hydrogen-bond acceptors (Lipinski definition) is 5. The van der Waals surface area contributed by atoms with E-state index in [0.29, 0.717) is 45.2 Å². The molecule has 8 heteroatoms. The fourth-order valence-electron chi connectivity index (χ4n) is 3.12. The Morgan fingerprint density at radius 2 is 1.86 bits per heavy atom. The monoisotopic (exact) mass is 399 g/mol. The lowest BCUT2D eigenvalue weighted by Gasteiger charge is -2.35. The van der Waals surface area contributed by atoms with Gasteiger partial charge in [0.1, 0.15) is 6.54 Å². The van der Waals surface area contributed by atoms with E-state index in [-0.39, 0.29) is 6.09 Å². The van der Waals surface area contributed by atoms with Gasteiger partial charge >= 0.3 is 6.09 Å². The lowest BCUT2D eigenvalue weighted by atomic mass is 10.1. The third kappa shape index (κ3) is 5.49. The normalized spacial score (nSPS) is 14.8. The first kappa shape index (κ1) is 20.7. The number of carbonyl (C=O) groups is 1. The maximum absolute atomic E-state index is 11.9. The Hall–Kier alpha value is -3.03. The number of rotatable bonds is 5. The lowest BCUT2D eigenvalue weighted by Crippen LogP contribution is -2.53. The first-order valence-electron chi connectivity index (χ1n) is 10.1. The zero-order valence-corrected chi connectivity index (χ0v) is 17.4. The predicted molar refractivity (Wildman–Crippen MR) is 112 cm³/mol. The molecule has 0 atom stereocenters. The molecule has 0 spiro atoms. The Bertz CT molecular complexity index is 823. The Kier molecular flexibility index (Phi) is 7.10. The van der Waals surface area contributed by atoms with Crippen LogP contribution >= 0.6 is 0 Å². The van der Waals surface area contributed by atoms with Crippen LogP contribution in [0.1, 0.15) is 25.3 Å². The largest absolute Gasteiger partial charge is 0.450 e. The number of piperazine rings is 1. The van der Waals surface area contributed by atoms with Crippen molar-refractivity contribution in [2.75, 3.05) is 39.3 Å². The van der Waals surface area contributed by atoms with E-state index >= 15 is 0 Å². The average molecular weight is 399 g/mol. The molecule has 1 amide bonds. The summed E-state index contributed by atoms with van der Waals surface area (Å²) in [4.78, 5) is 24.8. The molecule has 29 heavy (non-hydrogen) atoms. The van der Waals surface area contributed by atoms with Crippen LogP contribution in [0.2, 0.25) is 0 Å². The fourth-order valence-corrected chi connectivity index (χ4v) is 3.12. The summed E-state index contributed by atoms with van der Waals surface area (Å²) in [5, 5.41) is 3.31. The highest BCUT2D eigenvalue weighted by Crippen LogP contribution is 2.21. The van der Waals surface area contributed by atoms with Crippen LogP contribution in [0.5, 0.6) is 0 Å². The summed E-state index contributed by atoms with van der Waals surface area (Å²) >= 11 is 0. The summed E-state index contributed by atoms with van der Waals surface area (Å²) in [5.41, 5.74) is 2.21. The van der Waals surface area contributed by atoms with Gasteiger partial charge < -0.3 is 24.3 Å². The standard InChI is InChI=1S/C21H29N5O3/c1-4-22-20(25-10-12-26(13-11-25)21(27)28-5-2)24-15-19-23-14-18(29-19)17-8-6-16(3)7-9-17/h6-9,14H,4-5,10-13,15H2,1-3H3,(H,22,24). The number of benzene rings is 1. The SMILES string of the molecule is CCNC(=NCc1ncc(-c2ccc(C)cc2)o1)N1CCN(C(=O)OCC)CC1. The minimum atomic E-state index is -0.252. The molecule has 1 aliphatic heterocycles. The highest BCUT2D eigenvalue weighted by molar-refractivity contribution is 5.80. The molecule has 1 aromatic carbocycles. The quantitative estimate of drug-likeness (QED) is 0.615. The van der Waals surface area contributed by atoms with E-state index in [0.717, 1.165) is 23.8 Å². The van der Waals surface area contributed by atoms with Gasteiger partial charge in [0, 0.05) is 38.3 Å². The third-order valence-electron chi connectivity index (χ3n) is 4.69. The van der Waals surface area contributed by atoms with Gasteiger partial charge in [0.25, 0.3) is 0 Å². The van der Waals surface area contributed by atoms with E-state index in [4.69, 9.17) is 9.15 Å². The second-order valence-electron chi connectivity index (χ2n) is 6.83. The number of nitrogens with one attached hydrogen (secondary N) is 1. The van der Waals surface area contributed by atoms with E-state index in [1.165, 1.54) is 5.56 Å². The van der Waals surface area contributed by atoms with Crippen molar-refractivity contribution in [2.45, 2.75) is 27.3 Å². The van der Waals surface area contributed by atoms with Crippen LogP contribution < -0.4 is 5.32 Å². The van der Waals surface area contributed by atoms with Gasteiger partial charge in [-0.05, 0) is 20.8 Å². The van der Waals surface area contributed by atoms with Gasteiger partial charge in [0.05, 0.1) is 12.8 Å². The van der Waals surface area contributed by atoms with Gasteiger partial charge in [-0.1, -0.05) is 29.8 Å². The van der Waals surface area contributed by atoms with Crippen molar-refractivity contribution in [3.8, 4) is 11.3 Å². The van der Waals surface area contributed by atoms with Crippen molar-refractivity contribution < 1.29 is 13.9 Å². The molecule has 156 valence electrons. The molecule has 1 aromatic heterocycles. The van der Waals surface area contributed by atoms with Crippen LogP contribution in [0, 0.1) is 6.92 Å². The van der Waals surface area contributed by atoms with E-state index < -0.39 is 0 Å². The first-order valence-corrected chi connectivity index (χ1v) is 10.1. The third-order valence-corrected chi connectivity index (χ3v) is 4.69. The van der Waals surface area contributed by atoms with Gasteiger partial charge in [-0.25, -0.2) is 14.8 Å². The van der Waals surface area contributed by atoms with Crippen molar-refractivity contribution >= 4 is 12.1 Å². The molecule has 2 aromatic rings. The van der Waals surface area contributed by atoms with Gasteiger partial charge in [0.15, 0.2) is 11.7 Å². The highest BCUT2D eigenvalue weighted by Gasteiger charge is 2.23. The van der Waals surface area contributed by atoms with Gasteiger partial charge in [-0.3, -0.25) is 0 Å². The molecule has 1 aliphatic rings. The van der Waals surface area contributed by atoms with Crippen molar-refractivity contribution in [1.29, 1.82) is 0 Å². The summed E-state index contributed by atoms with van der Waals surface area (Å²) in [6.45, 7) is 10.0. The number of nitrogens with zero attached hydrogens (tertiary/aromatic N) is 4. The number of aryl methyl sites for hydroxylation is 1. The van der Waals surface area contributed by atoms with E-state index in [1.807, 2.05) is 26.0 Å². The van der Waals surface area contributed by atoms with Crippen molar-refractivity contribution in [3.63, 3.8) is 0 Å². The molecule has 1 saturated heterocycles. The molecule has 0 aliphatic carbocycles. The maximum atomic E-state index is 11.9. The minimum Gasteiger partial charge on any atom is -0.450 e. The van der Waals surface area contributed by atoms with Crippen molar-refractivity contribution in [3.05, 3.63) is 41.9 Å². The predicted octanol–water partition coefficient (Wildman–Crippen LogP) is 2.89. The molecule has 2 heterocycles. The number of hydrogen-bond donors (Lipinski definition) is 1. The number of carbonyl (C=O) groups excluding carboxylic acids is 1. The van der Waals surface area contributed by atoms with E-state index in [1.54, 1.807) is 11.1 Å². The second kappa shape index (κ2) is 9.95. The van der Waals surface area contributed by atoms with Crippen LogP contribution in [0.3, 0.4) is 0 Å². The molecule has 3 rings (SSSR count). The Balaban J connectivity index is 1.61. The number of oxazole rings is 1. The molecular formula is C21H29N5O3. The van der Waals surface area contributed by atoms with Crippen LogP contribution in [-0.2, 0) is 11.3 Å². The van der Waals surface area contributed by atoms with Crippen LogP contribution in [0.25, 0.3) is 11.3 Å². The van der Waals surface area contributed by atoms with Crippen LogP contribution in [-0.4, -0.2) is 66.2 Å². The molecule has 0 radical (unpaired) electrons.